The molecule has 0 aliphatic rings. The lowest BCUT2D eigenvalue weighted by atomic mass is 10.2. The number of carbonyl (C=O) groups is 1. The van der Waals surface area contributed by atoms with Crippen LogP contribution in [-0.4, -0.2) is 40.9 Å². The van der Waals surface area contributed by atoms with Crippen molar-refractivity contribution in [1.82, 2.24) is 9.78 Å². The van der Waals surface area contributed by atoms with Crippen LogP contribution in [0.5, 0.6) is 0 Å². The second kappa shape index (κ2) is 6.88. The van der Waals surface area contributed by atoms with Gasteiger partial charge in [0, 0.05) is 13.6 Å². The van der Waals surface area contributed by atoms with Gasteiger partial charge in [-0.15, -0.1) is 0 Å². The topological polar surface area (TPSA) is 90.5 Å². The van der Waals surface area contributed by atoms with E-state index in [-0.39, 0.29) is 12.2 Å². The molecule has 0 aliphatic heterocycles. The quantitative estimate of drug-likeness (QED) is 0.425. The number of nitro groups is 1. The summed E-state index contributed by atoms with van der Waals surface area (Å²) < 4.78 is 6.07. The number of rotatable bonds is 7. The Bertz CT molecular complexity index is 498. The summed E-state index contributed by atoms with van der Waals surface area (Å²) >= 11 is 0. The fourth-order valence-electron chi connectivity index (χ4n) is 2.06. The van der Waals surface area contributed by atoms with Crippen LogP contribution in [0.3, 0.4) is 0 Å². The van der Waals surface area contributed by atoms with Gasteiger partial charge in [-0.3, -0.25) is 14.9 Å². The highest BCUT2D eigenvalue weighted by Crippen LogP contribution is 2.32. The zero-order valence-corrected chi connectivity index (χ0v) is 12.3. The molecule has 0 amide bonds. The number of hydrogen-bond donors (Lipinski definition) is 0. The summed E-state index contributed by atoms with van der Waals surface area (Å²) in [6, 6.07) is 0. The molecule has 0 aromatic carbocycles. The Kier molecular flexibility index (Phi) is 5.48. The minimum atomic E-state index is -0.445. The molecular weight excluding hydrogens is 264 g/mol. The van der Waals surface area contributed by atoms with Crippen LogP contribution in [0.25, 0.3) is 0 Å². The highest BCUT2D eigenvalue weighted by Gasteiger charge is 2.30. The molecule has 1 aromatic rings. The molecule has 0 aliphatic carbocycles. The van der Waals surface area contributed by atoms with Crippen LogP contribution in [0.1, 0.15) is 26.0 Å². The van der Waals surface area contributed by atoms with Gasteiger partial charge < -0.3 is 9.64 Å². The predicted octanol–water partition coefficient (Wildman–Crippen LogP) is 1.28. The third-order valence-electron chi connectivity index (χ3n) is 2.96. The first kappa shape index (κ1) is 15.9. The minimum Gasteiger partial charge on any atom is -0.468 e. The molecule has 0 spiro atoms. The van der Waals surface area contributed by atoms with Crippen LogP contribution < -0.4 is 4.90 Å². The van der Waals surface area contributed by atoms with Gasteiger partial charge in [0.05, 0.1) is 12.0 Å². The maximum absolute atomic E-state index is 11.4. The van der Waals surface area contributed by atoms with E-state index in [0.717, 1.165) is 6.42 Å². The number of esters is 1. The summed E-state index contributed by atoms with van der Waals surface area (Å²) in [6.07, 6.45) is 1.29. The lowest BCUT2D eigenvalue weighted by molar-refractivity contribution is -0.384. The van der Waals surface area contributed by atoms with Crippen LogP contribution >= 0.6 is 0 Å². The number of nitrogens with zero attached hydrogens (tertiary/aromatic N) is 4. The van der Waals surface area contributed by atoms with Crippen LogP contribution in [0, 0.1) is 10.1 Å². The molecular formula is C12H20N4O4. The van der Waals surface area contributed by atoms with Gasteiger partial charge in [-0.2, -0.15) is 5.10 Å². The number of carbonyl (C=O) groups excluding carboxylic acids is 1. The van der Waals surface area contributed by atoms with Gasteiger partial charge in [0.2, 0.25) is 5.82 Å². The number of aryl methyl sites for hydroxylation is 2. The Hall–Kier alpha value is -2.12. The monoisotopic (exact) mass is 284 g/mol. The molecule has 0 radical (unpaired) electrons. The Morgan fingerprint density at radius 2 is 2.15 bits per heavy atom. The molecule has 0 saturated heterocycles. The van der Waals surface area contributed by atoms with E-state index < -0.39 is 10.9 Å². The second-order valence-electron chi connectivity index (χ2n) is 4.34. The molecule has 0 bridgehead atoms. The standard InChI is InChI=1S/C12H20N4O4/c1-5-7-9-11(16(18)19)12(14(3)13-9)15(6-2)8-10(17)20-4/h5-8H2,1-4H3. The Labute approximate surface area is 117 Å². The summed E-state index contributed by atoms with van der Waals surface area (Å²) in [5.74, 6) is -0.106. The van der Waals surface area contributed by atoms with Crippen molar-refractivity contribution >= 4 is 17.5 Å². The second-order valence-corrected chi connectivity index (χ2v) is 4.34. The maximum Gasteiger partial charge on any atom is 0.334 e. The third kappa shape index (κ3) is 3.25. The Balaban J connectivity index is 3.26. The van der Waals surface area contributed by atoms with Crippen molar-refractivity contribution in [3.63, 3.8) is 0 Å². The van der Waals surface area contributed by atoms with E-state index in [9.17, 15) is 14.9 Å². The summed E-state index contributed by atoms with van der Waals surface area (Å²) in [5.41, 5.74) is 0.415. The first-order valence-corrected chi connectivity index (χ1v) is 6.48. The van der Waals surface area contributed by atoms with Gasteiger partial charge >= 0.3 is 11.7 Å². The van der Waals surface area contributed by atoms with Crippen LogP contribution in [-0.2, 0) is 23.0 Å². The van der Waals surface area contributed by atoms with E-state index in [1.165, 1.54) is 11.8 Å². The molecule has 8 heteroatoms. The van der Waals surface area contributed by atoms with Crippen molar-refractivity contribution in [2.45, 2.75) is 26.7 Å². The Morgan fingerprint density at radius 3 is 2.60 bits per heavy atom. The molecule has 0 N–H and O–H groups in total. The van der Waals surface area contributed by atoms with E-state index in [0.29, 0.717) is 24.5 Å². The Morgan fingerprint density at radius 1 is 1.50 bits per heavy atom. The molecule has 0 atom stereocenters. The fourth-order valence-corrected chi connectivity index (χ4v) is 2.06. The van der Waals surface area contributed by atoms with E-state index >= 15 is 0 Å². The minimum absolute atomic E-state index is 0.0277. The number of aromatic nitrogens is 2. The van der Waals surface area contributed by atoms with Gasteiger partial charge in [0.15, 0.2) is 0 Å². The lowest BCUT2D eigenvalue weighted by Crippen LogP contribution is -2.32. The highest BCUT2D eigenvalue weighted by atomic mass is 16.6. The van der Waals surface area contributed by atoms with Gasteiger partial charge in [-0.1, -0.05) is 13.3 Å². The average molecular weight is 284 g/mol. The third-order valence-corrected chi connectivity index (χ3v) is 2.96. The number of hydrogen-bond acceptors (Lipinski definition) is 6. The van der Waals surface area contributed by atoms with Crippen LogP contribution in [0.2, 0.25) is 0 Å². The van der Waals surface area contributed by atoms with Crippen molar-refractivity contribution in [2.24, 2.45) is 7.05 Å². The normalized spacial score (nSPS) is 10.4. The molecule has 0 fully saturated rings. The molecule has 1 rings (SSSR count). The van der Waals surface area contributed by atoms with E-state index in [2.05, 4.69) is 9.84 Å². The molecule has 8 nitrogen and oxygen atoms in total. The number of methoxy groups -OCH3 is 1. The molecule has 20 heavy (non-hydrogen) atoms. The predicted molar refractivity (Wildman–Crippen MR) is 73.8 cm³/mol. The van der Waals surface area contributed by atoms with Gasteiger partial charge in [-0.05, 0) is 13.3 Å². The van der Waals surface area contributed by atoms with Crippen molar-refractivity contribution in [3.8, 4) is 0 Å². The van der Waals surface area contributed by atoms with Crippen molar-refractivity contribution in [3.05, 3.63) is 15.8 Å². The first-order chi connectivity index (χ1) is 9.46. The van der Waals surface area contributed by atoms with Gasteiger partial charge in [-0.25, -0.2) is 4.68 Å². The number of likely N-dealkylation sites (N-methyl/N-ethyl adjacent to an activating group) is 1. The lowest BCUT2D eigenvalue weighted by Gasteiger charge is -2.20. The largest absolute Gasteiger partial charge is 0.468 e. The van der Waals surface area contributed by atoms with Crippen molar-refractivity contribution in [1.29, 1.82) is 0 Å². The zero-order valence-electron chi connectivity index (χ0n) is 12.3. The van der Waals surface area contributed by atoms with E-state index in [1.807, 2.05) is 13.8 Å². The molecule has 1 heterocycles. The summed E-state index contributed by atoms with van der Waals surface area (Å²) in [7, 11) is 2.93. The SMILES string of the molecule is CCCc1nn(C)c(N(CC)CC(=O)OC)c1[N+](=O)[O-]. The fraction of sp³-hybridized carbons (Fsp3) is 0.667. The van der Waals surface area contributed by atoms with Crippen LogP contribution in [0.15, 0.2) is 0 Å². The maximum atomic E-state index is 11.4. The molecule has 112 valence electrons. The van der Waals surface area contributed by atoms with Crippen molar-refractivity contribution < 1.29 is 14.5 Å². The van der Waals surface area contributed by atoms with Crippen molar-refractivity contribution in [2.75, 3.05) is 25.1 Å². The summed E-state index contributed by atoms with van der Waals surface area (Å²) in [4.78, 5) is 23.9. The molecule has 0 unspecified atom stereocenters. The smallest absolute Gasteiger partial charge is 0.334 e. The van der Waals surface area contributed by atoms with E-state index in [1.54, 1.807) is 11.9 Å². The molecule has 0 saturated carbocycles. The molecule has 1 aromatic heterocycles. The van der Waals surface area contributed by atoms with Gasteiger partial charge in [0.1, 0.15) is 12.2 Å². The average Bonchev–Trinajstić information content (AvgIpc) is 2.72. The van der Waals surface area contributed by atoms with Gasteiger partial charge in [0.25, 0.3) is 0 Å². The van der Waals surface area contributed by atoms with E-state index in [4.69, 9.17) is 0 Å². The van der Waals surface area contributed by atoms with Crippen LogP contribution in [0.4, 0.5) is 11.5 Å². The highest BCUT2D eigenvalue weighted by molar-refractivity contribution is 5.77. The number of anilines is 1. The first-order valence-electron chi connectivity index (χ1n) is 6.48. The zero-order chi connectivity index (χ0) is 15.3. The summed E-state index contributed by atoms with van der Waals surface area (Å²) in [6.45, 7) is 4.16. The summed E-state index contributed by atoms with van der Waals surface area (Å²) in [5, 5.41) is 15.5. The number of ether oxygens (including phenoxy) is 1.